The standard InChI is InChI=1S/C13H12ClF2N3/c1-7-2-3-8(6-18-7)13(19-17)11-9(14)4-5-10(15)12(11)16/h2-6,13,19H,17H2,1H3. The Bertz CT molecular complexity index is 587. The Morgan fingerprint density at radius 1 is 1.26 bits per heavy atom. The van der Waals surface area contributed by atoms with Gasteiger partial charge in [-0.15, -0.1) is 0 Å². The molecule has 2 aromatic rings. The van der Waals surface area contributed by atoms with Gasteiger partial charge in [0.25, 0.3) is 0 Å². The molecule has 19 heavy (non-hydrogen) atoms. The minimum atomic E-state index is -1.02. The van der Waals surface area contributed by atoms with Crippen LogP contribution in [0, 0.1) is 18.6 Å². The zero-order valence-electron chi connectivity index (χ0n) is 10.1. The summed E-state index contributed by atoms with van der Waals surface area (Å²) in [6, 6.07) is 4.98. The molecular weight excluding hydrogens is 272 g/mol. The van der Waals surface area contributed by atoms with E-state index in [0.717, 1.165) is 11.8 Å². The summed E-state index contributed by atoms with van der Waals surface area (Å²) < 4.78 is 27.2. The van der Waals surface area contributed by atoms with E-state index in [-0.39, 0.29) is 10.6 Å². The SMILES string of the molecule is Cc1ccc(C(NN)c2c(Cl)ccc(F)c2F)cn1. The monoisotopic (exact) mass is 283 g/mol. The third-order valence-corrected chi connectivity index (χ3v) is 3.13. The number of hydrazine groups is 1. The molecule has 0 aliphatic carbocycles. The molecule has 1 aromatic heterocycles. The van der Waals surface area contributed by atoms with Crippen LogP contribution in [0.15, 0.2) is 30.5 Å². The van der Waals surface area contributed by atoms with E-state index in [1.807, 2.05) is 6.92 Å². The minimum absolute atomic E-state index is 0.0326. The van der Waals surface area contributed by atoms with Crippen molar-refractivity contribution in [3.05, 3.63) is 63.9 Å². The van der Waals surface area contributed by atoms with Crippen LogP contribution in [-0.4, -0.2) is 4.98 Å². The maximum Gasteiger partial charge on any atom is 0.165 e. The summed E-state index contributed by atoms with van der Waals surface area (Å²) in [5.41, 5.74) is 3.81. The van der Waals surface area contributed by atoms with Crippen LogP contribution in [0.25, 0.3) is 0 Å². The fraction of sp³-hybridized carbons (Fsp3) is 0.154. The Morgan fingerprint density at radius 2 is 2.00 bits per heavy atom. The predicted octanol–water partition coefficient (Wildman–Crippen LogP) is 2.87. The number of rotatable bonds is 3. The summed E-state index contributed by atoms with van der Waals surface area (Å²) >= 11 is 5.93. The Kier molecular flexibility index (Phi) is 4.09. The fourth-order valence-corrected chi connectivity index (χ4v) is 2.06. The molecular formula is C13H12ClF2N3. The van der Waals surface area contributed by atoms with Gasteiger partial charge in [-0.1, -0.05) is 17.7 Å². The highest BCUT2D eigenvalue weighted by Gasteiger charge is 2.22. The highest BCUT2D eigenvalue weighted by atomic mass is 35.5. The molecule has 3 N–H and O–H groups in total. The summed E-state index contributed by atoms with van der Waals surface area (Å²) in [5.74, 6) is 3.45. The number of nitrogens with zero attached hydrogens (tertiary/aromatic N) is 1. The largest absolute Gasteiger partial charge is 0.271 e. The summed E-state index contributed by atoms with van der Waals surface area (Å²) in [4.78, 5) is 4.10. The van der Waals surface area contributed by atoms with Crippen LogP contribution in [0.3, 0.4) is 0 Å². The third kappa shape index (κ3) is 2.73. The fourth-order valence-electron chi connectivity index (χ4n) is 1.80. The van der Waals surface area contributed by atoms with Gasteiger partial charge in [0.1, 0.15) is 0 Å². The number of aryl methyl sites for hydroxylation is 1. The first-order chi connectivity index (χ1) is 9.04. The minimum Gasteiger partial charge on any atom is -0.271 e. The molecule has 0 aliphatic heterocycles. The first-order valence-corrected chi connectivity index (χ1v) is 5.94. The number of nitrogens with one attached hydrogen (secondary N) is 1. The lowest BCUT2D eigenvalue weighted by Crippen LogP contribution is -2.30. The van der Waals surface area contributed by atoms with Crippen LogP contribution in [0.2, 0.25) is 5.02 Å². The van der Waals surface area contributed by atoms with E-state index < -0.39 is 17.7 Å². The van der Waals surface area contributed by atoms with Crippen molar-refractivity contribution < 1.29 is 8.78 Å². The van der Waals surface area contributed by atoms with Crippen molar-refractivity contribution in [3.63, 3.8) is 0 Å². The van der Waals surface area contributed by atoms with Gasteiger partial charge in [-0.3, -0.25) is 10.8 Å². The average molecular weight is 284 g/mol. The van der Waals surface area contributed by atoms with Crippen LogP contribution in [0.4, 0.5) is 8.78 Å². The molecule has 0 spiro atoms. The summed E-state index contributed by atoms with van der Waals surface area (Å²) in [7, 11) is 0. The van der Waals surface area contributed by atoms with Crippen LogP contribution in [-0.2, 0) is 0 Å². The molecule has 0 bridgehead atoms. The molecule has 1 aromatic carbocycles. The Balaban J connectivity index is 2.54. The van der Waals surface area contributed by atoms with Crippen LogP contribution in [0.5, 0.6) is 0 Å². The summed E-state index contributed by atoms with van der Waals surface area (Å²) in [6.07, 6.45) is 1.54. The molecule has 0 aliphatic rings. The highest BCUT2D eigenvalue weighted by Crippen LogP contribution is 2.31. The molecule has 3 nitrogen and oxygen atoms in total. The van der Waals surface area contributed by atoms with E-state index in [1.165, 1.54) is 6.07 Å². The van der Waals surface area contributed by atoms with Gasteiger partial charge in [-0.2, -0.15) is 0 Å². The van der Waals surface area contributed by atoms with Gasteiger partial charge in [-0.05, 0) is 30.7 Å². The third-order valence-electron chi connectivity index (χ3n) is 2.80. The lowest BCUT2D eigenvalue weighted by molar-refractivity contribution is 0.483. The van der Waals surface area contributed by atoms with Crippen LogP contribution in [0.1, 0.15) is 22.9 Å². The van der Waals surface area contributed by atoms with Gasteiger partial charge in [-0.25, -0.2) is 14.2 Å². The van der Waals surface area contributed by atoms with Crippen molar-refractivity contribution in [2.24, 2.45) is 5.84 Å². The average Bonchev–Trinajstić information content (AvgIpc) is 2.40. The van der Waals surface area contributed by atoms with Crippen molar-refractivity contribution in [1.29, 1.82) is 0 Å². The normalized spacial score (nSPS) is 12.5. The summed E-state index contributed by atoms with van der Waals surface area (Å²) in [5, 5.41) is 0.0995. The second kappa shape index (κ2) is 5.61. The van der Waals surface area contributed by atoms with E-state index >= 15 is 0 Å². The van der Waals surface area contributed by atoms with E-state index in [1.54, 1.807) is 18.3 Å². The smallest absolute Gasteiger partial charge is 0.165 e. The molecule has 0 fully saturated rings. The van der Waals surface area contributed by atoms with Gasteiger partial charge < -0.3 is 0 Å². The van der Waals surface area contributed by atoms with Crippen molar-refractivity contribution in [3.8, 4) is 0 Å². The predicted molar refractivity (Wildman–Crippen MR) is 69.5 cm³/mol. The molecule has 1 unspecified atom stereocenters. The Morgan fingerprint density at radius 3 is 2.58 bits per heavy atom. The van der Waals surface area contributed by atoms with Crippen molar-refractivity contribution in [2.45, 2.75) is 13.0 Å². The second-order valence-electron chi connectivity index (χ2n) is 4.09. The van der Waals surface area contributed by atoms with Crippen molar-refractivity contribution in [1.82, 2.24) is 10.4 Å². The summed E-state index contributed by atoms with van der Waals surface area (Å²) in [6.45, 7) is 1.82. The number of hydrogen-bond acceptors (Lipinski definition) is 3. The molecule has 1 atom stereocenters. The van der Waals surface area contributed by atoms with Gasteiger partial charge in [0.2, 0.25) is 0 Å². The van der Waals surface area contributed by atoms with Gasteiger partial charge in [0, 0.05) is 22.5 Å². The zero-order valence-corrected chi connectivity index (χ0v) is 10.9. The molecule has 0 saturated carbocycles. The van der Waals surface area contributed by atoms with E-state index in [9.17, 15) is 8.78 Å². The number of hydrogen-bond donors (Lipinski definition) is 2. The van der Waals surface area contributed by atoms with Crippen LogP contribution >= 0.6 is 11.6 Å². The number of benzene rings is 1. The topological polar surface area (TPSA) is 50.9 Å². The molecule has 6 heteroatoms. The molecule has 0 amide bonds. The second-order valence-corrected chi connectivity index (χ2v) is 4.50. The van der Waals surface area contributed by atoms with E-state index in [0.29, 0.717) is 5.56 Å². The number of aromatic nitrogens is 1. The maximum atomic E-state index is 13.9. The maximum absolute atomic E-state index is 13.9. The first-order valence-electron chi connectivity index (χ1n) is 5.56. The zero-order chi connectivity index (χ0) is 14.0. The molecule has 1 heterocycles. The quantitative estimate of drug-likeness (QED) is 0.517. The molecule has 100 valence electrons. The molecule has 2 rings (SSSR count). The van der Waals surface area contributed by atoms with Gasteiger partial charge in [0.15, 0.2) is 11.6 Å². The Labute approximate surface area is 114 Å². The number of halogens is 3. The lowest BCUT2D eigenvalue weighted by Gasteiger charge is -2.19. The van der Waals surface area contributed by atoms with E-state index in [4.69, 9.17) is 17.4 Å². The van der Waals surface area contributed by atoms with Crippen LogP contribution < -0.4 is 11.3 Å². The van der Waals surface area contributed by atoms with E-state index in [2.05, 4.69) is 10.4 Å². The molecule has 0 saturated heterocycles. The number of nitrogens with two attached hydrogens (primary N) is 1. The highest BCUT2D eigenvalue weighted by molar-refractivity contribution is 6.31. The number of pyridine rings is 1. The Hall–Kier alpha value is -1.56. The van der Waals surface area contributed by atoms with Gasteiger partial charge in [0.05, 0.1) is 6.04 Å². The molecule has 0 radical (unpaired) electrons. The van der Waals surface area contributed by atoms with Crippen molar-refractivity contribution >= 4 is 11.6 Å². The van der Waals surface area contributed by atoms with Crippen molar-refractivity contribution in [2.75, 3.05) is 0 Å². The lowest BCUT2D eigenvalue weighted by atomic mass is 9.99. The first kappa shape index (κ1) is 13.9. The van der Waals surface area contributed by atoms with Gasteiger partial charge >= 0.3 is 0 Å².